The normalized spacial score (nSPS) is 12.9. The largest absolute Gasteiger partial charge is 0.487 e. The number of halogens is 2. The predicted octanol–water partition coefficient (Wildman–Crippen LogP) is 4.22. The Balaban J connectivity index is 1.81. The van der Waals surface area contributed by atoms with Crippen LogP contribution < -0.4 is 10.5 Å². The van der Waals surface area contributed by atoms with Crippen molar-refractivity contribution in [3.8, 4) is 5.75 Å². The van der Waals surface area contributed by atoms with Gasteiger partial charge < -0.3 is 10.5 Å². The van der Waals surface area contributed by atoms with Crippen LogP contribution in [0.1, 0.15) is 24.5 Å². The van der Waals surface area contributed by atoms with Crippen molar-refractivity contribution in [2.75, 3.05) is 6.61 Å². The maximum Gasteiger partial charge on any atom is 0.281 e. The third-order valence-electron chi connectivity index (χ3n) is 3.55. The zero-order valence-electron chi connectivity index (χ0n) is 13.3. The van der Waals surface area contributed by atoms with Gasteiger partial charge in [0.1, 0.15) is 5.75 Å². The summed E-state index contributed by atoms with van der Waals surface area (Å²) in [7, 11) is 0. The zero-order chi connectivity index (χ0) is 16.7. The van der Waals surface area contributed by atoms with Crippen LogP contribution in [0.25, 0.3) is 0 Å². The summed E-state index contributed by atoms with van der Waals surface area (Å²) in [5, 5.41) is 0. The Labute approximate surface area is 136 Å². The molecule has 0 aromatic heterocycles. The molecule has 0 bridgehead atoms. The fourth-order valence-electron chi connectivity index (χ4n) is 2.33. The number of alkyl halides is 2. The average molecular weight is 319 g/mol. The summed E-state index contributed by atoms with van der Waals surface area (Å²) in [6.45, 7) is 1.32. The van der Waals surface area contributed by atoms with Crippen molar-refractivity contribution in [2.24, 2.45) is 5.73 Å². The van der Waals surface area contributed by atoms with Crippen LogP contribution in [0.5, 0.6) is 5.75 Å². The van der Waals surface area contributed by atoms with Gasteiger partial charge in [-0.25, -0.2) is 8.78 Å². The van der Waals surface area contributed by atoms with Crippen molar-refractivity contribution in [2.45, 2.75) is 38.2 Å². The molecule has 1 unspecified atom stereocenters. The second-order valence-electron chi connectivity index (χ2n) is 5.96. The van der Waals surface area contributed by atoms with Gasteiger partial charge in [0, 0.05) is 12.5 Å². The fraction of sp³-hybridized carbons (Fsp3) is 0.368. The first-order valence-electron chi connectivity index (χ1n) is 7.84. The van der Waals surface area contributed by atoms with E-state index in [1.54, 1.807) is 12.1 Å². The van der Waals surface area contributed by atoms with Gasteiger partial charge >= 0.3 is 0 Å². The number of aryl methyl sites for hydroxylation is 1. The van der Waals surface area contributed by atoms with E-state index in [-0.39, 0.29) is 12.5 Å². The van der Waals surface area contributed by atoms with E-state index in [1.165, 1.54) is 0 Å². The predicted molar refractivity (Wildman–Crippen MR) is 89.0 cm³/mol. The maximum absolute atomic E-state index is 13.9. The summed E-state index contributed by atoms with van der Waals surface area (Å²) in [4.78, 5) is 0. The molecule has 2 rings (SSSR count). The summed E-state index contributed by atoms with van der Waals surface area (Å²) in [6, 6.07) is 16.5. The number of ether oxygens (including phenoxy) is 1. The van der Waals surface area contributed by atoms with Crippen molar-refractivity contribution in [3.05, 3.63) is 65.7 Å². The molecular formula is C19H23F2NO. The lowest BCUT2D eigenvalue weighted by molar-refractivity contribution is -0.0473. The van der Waals surface area contributed by atoms with E-state index in [1.807, 2.05) is 49.4 Å². The number of benzene rings is 2. The SMILES string of the molecule is CC(N)Cc1ccc(OCC(F)(F)CCc2ccccc2)cc1. The van der Waals surface area contributed by atoms with Crippen LogP contribution in [0, 0.1) is 0 Å². The highest BCUT2D eigenvalue weighted by molar-refractivity contribution is 5.27. The van der Waals surface area contributed by atoms with E-state index in [4.69, 9.17) is 10.5 Å². The molecule has 124 valence electrons. The first-order valence-corrected chi connectivity index (χ1v) is 7.84. The van der Waals surface area contributed by atoms with Crippen molar-refractivity contribution in [3.63, 3.8) is 0 Å². The molecule has 0 radical (unpaired) electrons. The molecule has 2 N–H and O–H groups in total. The third kappa shape index (κ3) is 6.37. The number of rotatable bonds is 8. The quantitative estimate of drug-likeness (QED) is 0.790. The van der Waals surface area contributed by atoms with Gasteiger partial charge in [-0.1, -0.05) is 42.5 Å². The third-order valence-corrected chi connectivity index (χ3v) is 3.55. The van der Waals surface area contributed by atoms with Crippen LogP contribution in [0.15, 0.2) is 54.6 Å². The van der Waals surface area contributed by atoms with E-state index < -0.39 is 12.5 Å². The minimum absolute atomic E-state index is 0.0732. The average Bonchev–Trinajstić information content (AvgIpc) is 2.53. The lowest BCUT2D eigenvalue weighted by Gasteiger charge is -2.17. The van der Waals surface area contributed by atoms with Gasteiger partial charge in [0.15, 0.2) is 6.61 Å². The molecule has 0 fully saturated rings. The van der Waals surface area contributed by atoms with E-state index in [9.17, 15) is 8.78 Å². The molecule has 0 heterocycles. The van der Waals surface area contributed by atoms with Crippen molar-refractivity contribution >= 4 is 0 Å². The molecule has 0 amide bonds. The van der Waals surface area contributed by atoms with Crippen molar-refractivity contribution in [1.82, 2.24) is 0 Å². The van der Waals surface area contributed by atoms with Gasteiger partial charge in [-0.2, -0.15) is 0 Å². The molecule has 0 spiro atoms. The molecule has 0 aliphatic rings. The molecule has 2 nitrogen and oxygen atoms in total. The van der Waals surface area contributed by atoms with Crippen molar-refractivity contribution < 1.29 is 13.5 Å². The summed E-state index contributed by atoms with van der Waals surface area (Å²) in [6.07, 6.45) is 0.873. The van der Waals surface area contributed by atoms with Crippen LogP contribution in [-0.4, -0.2) is 18.6 Å². The van der Waals surface area contributed by atoms with E-state index in [0.717, 1.165) is 17.5 Å². The second-order valence-corrected chi connectivity index (χ2v) is 5.96. The van der Waals surface area contributed by atoms with Gasteiger partial charge in [0.25, 0.3) is 5.92 Å². The summed E-state index contributed by atoms with van der Waals surface area (Å²) < 4.78 is 33.0. The first-order chi connectivity index (χ1) is 10.9. The van der Waals surface area contributed by atoms with Crippen LogP contribution in [-0.2, 0) is 12.8 Å². The Hall–Kier alpha value is -1.94. The highest BCUT2D eigenvalue weighted by Gasteiger charge is 2.29. The Morgan fingerprint density at radius 3 is 2.26 bits per heavy atom. The molecule has 0 saturated heterocycles. The first kappa shape index (κ1) is 17.4. The van der Waals surface area contributed by atoms with Crippen LogP contribution in [0.3, 0.4) is 0 Å². The summed E-state index contributed by atoms with van der Waals surface area (Å²) in [5.74, 6) is -2.39. The van der Waals surface area contributed by atoms with Gasteiger partial charge in [-0.15, -0.1) is 0 Å². The fourth-order valence-corrected chi connectivity index (χ4v) is 2.33. The molecular weight excluding hydrogens is 296 g/mol. The van der Waals surface area contributed by atoms with Crippen LogP contribution in [0.4, 0.5) is 8.78 Å². The molecule has 0 aliphatic heterocycles. The minimum atomic E-state index is -2.85. The number of hydrogen-bond acceptors (Lipinski definition) is 2. The maximum atomic E-state index is 13.9. The molecule has 4 heteroatoms. The van der Waals surface area contributed by atoms with E-state index >= 15 is 0 Å². The smallest absolute Gasteiger partial charge is 0.281 e. The highest BCUT2D eigenvalue weighted by atomic mass is 19.3. The van der Waals surface area contributed by atoms with Gasteiger partial charge in [0.2, 0.25) is 0 Å². The molecule has 1 atom stereocenters. The number of hydrogen-bond donors (Lipinski definition) is 1. The Morgan fingerprint density at radius 1 is 1.00 bits per heavy atom. The standard InChI is InChI=1S/C19H23F2NO/c1-15(22)13-17-7-9-18(10-8-17)23-14-19(20,21)12-11-16-5-3-2-4-6-16/h2-10,15H,11-14,22H2,1H3. The molecule has 2 aromatic carbocycles. The topological polar surface area (TPSA) is 35.2 Å². The molecule has 0 aliphatic carbocycles. The van der Waals surface area contributed by atoms with Gasteiger partial charge in [-0.3, -0.25) is 0 Å². The molecule has 0 saturated carbocycles. The van der Waals surface area contributed by atoms with Gasteiger partial charge in [-0.05, 0) is 43.0 Å². The van der Waals surface area contributed by atoms with Crippen LogP contribution in [0.2, 0.25) is 0 Å². The minimum Gasteiger partial charge on any atom is -0.487 e. The lowest BCUT2D eigenvalue weighted by Crippen LogP contribution is -2.26. The Morgan fingerprint density at radius 2 is 1.65 bits per heavy atom. The monoisotopic (exact) mass is 319 g/mol. The summed E-state index contributed by atoms with van der Waals surface area (Å²) >= 11 is 0. The molecule has 23 heavy (non-hydrogen) atoms. The second kappa shape index (κ2) is 8.06. The van der Waals surface area contributed by atoms with Crippen LogP contribution >= 0.6 is 0 Å². The molecule has 2 aromatic rings. The van der Waals surface area contributed by atoms with E-state index in [0.29, 0.717) is 12.2 Å². The number of nitrogens with two attached hydrogens (primary N) is 1. The van der Waals surface area contributed by atoms with Crippen molar-refractivity contribution in [1.29, 1.82) is 0 Å². The van der Waals surface area contributed by atoms with E-state index in [2.05, 4.69) is 0 Å². The lowest BCUT2D eigenvalue weighted by atomic mass is 10.1. The highest BCUT2D eigenvalue weighted by Crippen LogP contribution is 2.23. The summed E-state index contributed by atoms with van der Waals surface area (Å²) in [5.41, 5.74) is 7.71. The Bertz CT molecular complexity index is 582. The zero-order valence-corrected chi connectivity index (χ0v) is 13.3. The van der Waals surface area contributed by atoms with Gasteiger partial charge in [0.05, 0.1) is 0 Å². The Kier molecular flexibility index (Phi) is 6.11.